The summed E-state index contributed by atoms with van der Waals surface area (Å²) in [6, 6.07) is 3.12. The van der Waals surface area contributed by atoms with Crippen LogP contribution in [0, 0.1) is 5.41 Å². The van der Waals surface area contributed by atoms with Gasteiger partial charge in [-0.1, -0.05) is 6.92 Å². The summed E-state index contributed by atoms with van der Waals surface area (Å²) in [7, 11) is 0. The summed E-state index contributed by atoms with van der Waals surface area (Å²) in [4.78, 5) is 2.69. The SMILES string of the molecule is CCN(Cc1ccsc1)C1CC12CCNCC2.Cl. The maximum Gasteiger partial charge on any atom is 0.0245 e. The minimum absolute atomic E-state index is 0. The highest BCUT2D eigenvalue weighted by Gasteiger charge is 2.55. The van der Waals surface area contributed by atoms with Gasteiger partial charge in [-0.25, -0.2) is 0 Å². The Balaban J connectivity index is 0.00000120. The quantitative estimate of drug-likeness (QED) is 0.915. The Labute approximate surface area is 120 Å². The minimum atomic E-state index is 0. The Morgan fingerprint density at radius 2 is 2.22 bits per heavy atom. The summed E-state index contributed by atoms with van der Waals surface area (Å²) in [5.41, 5.74) is 2.17. The van der Waals surface area contributed by atoms with Gasteiger partial charge in [0.1, 0.15) is 0 Å². The Kier molecular flexibility index (Phi) is 4.70. The van der Waals surface area contributed by atoms with Gasteiger partial charge in [-0.2, -0.15) is 11.3 Å². The summed E-state index contributed by atoms with van der Waals surface area (Å²) in [5.74, 6) is 0. The van der Waals surface area contributed by atoms with E-state index in [9.17, 15) is 0 Å². The topological polar surface area (TPSA) is 15.3 Å². The van der Waals surface area contributed by atoms with Crippen molar-refractivity contribution in [1.29, 1.82) is 0 Å². The second kappa shape index (κ2) is 5.91. The second-order valence-corrected chi connectivity index (χ2v) is 6.31. The van der Waals surface area contributed by atoms with Crippen molar-refractivity contribution < 1.29 is 0 Å². The third-order valence-electron chi connectivity index (χ3n) is 4.56. The molecule has 2 nitrogen and oxygen atoms in total. The average molecular weight is 287 g/mol. The first-order valence-corrected chi connectivity index (χ1v) is 7.74. The molecule has 102 valence electrons. The van der Waals surface area contributed by atoms with Crippen LogP contribution in [0.2, 0.25) is 0 Å². The minimum Gasteiger partial charge on any atom is -0.317 e. The van der Waals surface area contributed by atoms with Gasteiger partial charge in [0.2, 0.25) is 0 Å². The molecule has 4 heteroatoms. The molecule has 1 atom stereocenters. The third-order valence-corrected chi connectivity index (χ3v) is 5.29. The van der Waals surface area contributed by atoms with E-state index in [0.29, 0.717) is 5.41 Å². The van der Waals surface area contributed by atoms with Crippen molar-refractivity contribution in [3.63, 3.8) is 0 Å². The lowest BCUT2D eigenvalue weighted by Crippen LogP contribution is -2.35. The van der Waals surface area contributed by atoms with E-state index in [1.54, 1.807) is 0 Å². The molecular formula is C14H23ClN2S. The van der Waals surface area contributed by atoms with Gasteiger partial charge in [0.15, 0.2) is 0 Å². The average Bonchev–Trinajstić information content (AvgIpc) is 2.82. The van der Waals surface area contributed by atoms with E-state index in [4.69, 9.17) is 0 Å². The van der Waals surface area contributed by atoms with E-state index in [1.165, 1.54) is 44.5 Å². The zero-order valence-corrected chi connectivity index (χ0v) is 12.7. The smallest absolute Gasteiger partial charge is 0.0245 e. The van der Waals surface area contributed by atoms with Gasteiger partial charge in [-0.15, -0.1) is 12.4 Å². The van der Waals surface area contributed by atoms with Crippen molar-refractivity contribution in [2.45, 2.75) is 38.8 Å². The van der Waals surface area contributed by atoms with Crippen LogP contribution in [0.5, 0.6) is 0 Å². The van der Waals surface area contributed by atoms with E-state index < -0.39 is 0 Å². The molecule has 2 fully saturated rings. The lowest BCUT2D eigenvalue weighted by molar-refractivity contribution is 0.204. The number of piperidine rings is 1. The highest BCUT2D eigenvalue weighted by molar-refractivity contribution is 7.07. The number of hydrogen-bond donors (Lipinski definition) is 1. The van der Waals surface area contributed by atoms with Crippen LogP contribution in [0.25, 0.3) is 0 Å². The fourth-order valence-corrected chi connectivity index (χ4v) is 4.02. The molecule has 0 aromatic carbocycles. The van der Waals surface area contributed by atoms with Crippen LogP contribution in [0.1, 0.15) is 31.7 Å². The van der Waals surface area contributed by atoms with Gasteiger partial charge in [-0.05, 0) is 66.7 Å². The fourth-order valence-electron chi connectivity index (χ4n) is 3.36. The predicted octanol–water partition coefficient (Wildman–Crippen LogP) is 3.13. The number of nitrogens with zero attached hydrogens (tertiary/aromatic N) is 1. The molecule has 18 heavy (non-hydrogen) atoms. The van der Waals surface area contributed by atoms with Gasteiger partial charge in [0.05, 0.1) is 0 Å². The fraction of sp³-hybridized carbons (Fsp3) is 0.714. The zero-order chi connectivity index (χ0) is 11.7. The molecule has 1 aromatic rings. The second-order valence-electron chi connectivity index (χ2n) is 5.53. The van der Waals surface area contributed by atoms with Gasteiger partial charge in [0.25, 0.3) is 0 Å². The van der Waals surface area contributed by atoms with Crippen LogP contribution < -0.4 is 5.32 Å². The van der Waals surface area contributed by atoms with E-state index >= 15 is 0 Å². The van der Waals surface area contributed by atoms with Crippen molar-refractivity contribution in [1.82, 2.24) is 10.2 Å². The summed E-state index contributed by atoms with van der Waals surface area (Å²) < 4.78 is 0. The Morgan fingerprint density at radius 3 is 2.83 bits per heavy atom. The van der Waals surface area contributed by atoms with Gasteiger partial charge in [0, 0.05) is 12.6 Å². The van der Waals surface area contributed by atoms with Crippen LogP contribution in [-0.2, 0) is 6.54 Å². The molecule has 1 N–H and O–H groups in total. The molecule has 1 spiro atoms. The van der Waals surface area contributed by atoms with Crippen LogP contribution >= 0.6 is 23.7 Å². The third kappa shape index (κ3) is 2.74. The highest BCUT2D eigenvalue weighted by atomic mass is 35.5. The number of hydrogen-bond acceptors (Lipinski definition) is 3. The first kappa shape index (κ1) is 14.3. The number of thiophene rings is 1. The molecule has 1 aliphatic carbocycles. The maximum absolute atomic E-state index is 3.49. The van der Waals surface area contributed by atoms with Crippen molar-refractivity contribution in [2.24, 2.45) is 5.41 Å². The summed E-state index contributed by atoms with van der Waals surface area (Å²) in [5, 5.41) is 7.97. The molecular weight excluding hydrogens is 264 g/mol. The zero-order valence-electron chi connectivity index (χ0n) is 11.0. The predicted molar refractivity (Wildman–Crippen MR) is 80.6 cm³/mol. The van der Waals surface area contributed by atoms with Crippen molar-refractivity contribution in [3.05, 3.63) is 22.4 Å². The molecule has 0 amide bonds. The Hall–Kier alpha value is -0.0900. The maximum atomic E-state index is 3.49. The van der Waals surface area contributed by atoms with E-state index in [2.05, 4.69) is 34.0 Å². The number of nitrogens with one attached hydrogen (secondary N) is 1. The van der Waals surface area contributed by atoms with Crippen LogP contribution in [-0.4, -0.2) is 30.6 Å². The highest BCUT2D eigenvalue weighted by Crippen LogP contribution is 2.55. The standard InChI is InChI=1S/C14H22N2S.ClH/c1-2-16(10-12-3-8-17-11-12)13-9-14(13)4-6-15-7-5-14;/h3,8,11,13,15H,2,4-7,9-10H2,1H3;1H. The molecule has 1 unspecified atom stereocenters. The lowest BCUT2D eigenvalue weighted by atomic mass is 9.93. The lowest BCUT2D eigenvalue weighted by Gasteiger charge is -2.28. The van der Waals surface area contributed by atoms with E-state index in [1.807, 2.05) is 11.3 Å². The van der Waals surface area contributed by atoms with Gasteiger partial charge < -0.3 is 5.32 Å². The largest absolute Gasteiger partial charge is 0.317 e. The molecule has 1 aromatic heterocycles. The molecule has 0 radical (unpaired) electrons. The molecule has 2 heterocycles. The van der Waals surface area contributed by atoms with Crippen LogP contribution in [0.3, 0.4) is 0 Å². The number of rotatable bonds is 4. The van der Waals surface area contributed by atoms with Crippen LogP contribution in [0.4, 0.5) is 0 Å². The van der Waals surface area contributed by atoms with Crippen molar-refractivity contribution in [2.75, 3.05) is 19.6 Å². The molecule has 1 saturated carbocycles. The molecule has 3 rings (SSSR count). The van der Waals surface area contributed by atoms with Crippen molar-refractivity contribution in [3.8, 4) is 0 Å². The summed E-state index contributed by atoms with van der Waals surface area (Å²) in [6.07, 6.45) is 4.21. The van der Waals surface area contributed by atoms with Gasteiger partial charge in [-0.3, -0.25) is 4.90 Å². The summed E-state index contributed by atoms with van der Waals surface area (Å²) in [6.45, 7) is 7.11. The molecule has 0 bridgehead atoms. The first-order chi connectivity index (χ1) is 8.34. The Bertz CT molecular complexity index is 360. The van der Waals surface area contributed by atoms with Crippen LogP contribution in [0.15, 0.2) is 16.8 Å². The van der Waals surface area contributed by atoms with Gasteiger partial charge >= 0.3 is 0 Å². The van der Waals surface area contributed by atoms with E-state index in [-0.39, 0.29) is 12.4 Å². The molecule has 2 aliphatic rings. The Morgan fingerprint density at radius 1 is 1.44 bits per heavy atom. The normalized spacial score (nSPS) is 25.1. The molecule has 1 saturated heterocycles. The summed E-state index contributed by atoms with van der Waals surface area (Å²) >= 11 is 1.81. The molecule has 1 aliphatic heterocycles. The first-order valence-electron chi connectivity index (χ1n) is 6.80. The van der Waals surface area contributed by atoms with Crippen molar-refractivity contribution >= 4 is 23.7 Å². The number of halogens is 1. The van der Waals surface area contributed by atoms with E-state index in [0.717, 1.165) is 12.6 Å². The monoisotopic (exact) mass is 286 g/mol.